The molecule has 2 rings (SSSR count). The molecule has 1 aromatic rings. The molecule has 17 heavy (non-hydrogen) atoms. The van der Waals surface area contributed by atoms with Gasteiger partial charge in [0.15, 0.2) is 0 Å². The smallest absolute Gasteiger partial charge is 0.0408 e. The molecule has 0 spiro atoms. The number of hydrogen-bond donors (Lipinski definition) is 1. The molecule has 0 saturated carbocycles. The second kappa shape index (κ2) is 5.38. The Bertz CT molecular complexity index is 392. The second-order valence-electron chi connectivity index (χ2n) is 5.06. The van der Waals surface area contributed by atoms with Gasteiger partial charge in [-0.05, 0) is 69.1 Å². The number of likely N-dealkylation sites (tertiary alicyclic amines) is 1. The summed E-state index contributed by atoms with van der Waals surface area (Å²) >= 11 is 6.02. The van der Waals surface area contributed by atoms with E-state index in [0.717, 1.165) is 18.1 Å². The average Bonchev–Trinajstić information content (AvgIpc) is 2.30. The lowest BCUT2D eigenvalue weighted by Crippen LogP contribution is -2.39. The number of aryl methyl sites for hydroxylation is 1. The van der Waals surface area contributed by atoms with Gasteiger partial charge in [0.05, 0.1) is 0 Å². The van der Waals surface area contributed by atoms with Gasteiger partial charge in [-0.25, -0.2) is 0 Å². The largest absolute Gasteiger partial charge is 0.330 e. The lowest BCUT2D eigenvalue weighted by atomic mass is 9.83. The Hall–Kier alpha value is -0.570. The zero-order valence-electron chi connectivity index (χ0n) is 10.6. The van der Waals surface area contributed by atoms with Crippen molar-refractivity contribution < 1.29 is 0 Å². The highest BCUT2D eigenvalue weighted by Gasteiger charge is 2.30. The first-order valence-electron chi connectivity index (χ1n) is 6.30. The molecule has 1 aliphatic rings. The molecule has 0 aliphatic carbocycles. The van der Waals surface area contributed by atoms with Crippen LogP contribution in [0.2, 0.25) is 5.02 Å². The van der Waals surface area contributed by atoms with Gasteiger partial charge < -0.3 is 5.73 Å². The average molecular weight is 253 g/mol. The van der Waals surface area contributed by atoms with Crippen LogP contribution >= 0.6 is 11.6 Å². The minimum atomic E-state index is 0.450. The lowest BCUT2D eigenvalue weighted by Gasteiger charge is -2.39. The van der Waals surface area contributed by atoms with Crippen LogP contribution in [0.5, 0.6) is 0 Å². The van der Waals surface area contributed by atoms with Crippen molar-refractivity contribution in [3.63, 3.8) is 0 Å². The van der Waals surface area contributed by atoms with Crippen LogP contribution in [0.4, 0.5) is 0 Å². The van der Waals surface area contributed by atoms with Crippen molar-refractivity contribution >= 4 is 11.6 Å². The molecule has 1 fully saturated rings. The van der Waals surface area contributed by atoms with Crippen LogP contribution in [0.1, 0.15) is 30.0 Å². The van der Waals surface area contributed by atoms with Crippen LogP contribution in [0, 0.1) is 12.8 Å². The van der Waals surface area contributed by atoms with Crippen LogP contribution in [0.15, 0.2) is 18.2 Å². The summed E-state index contributed by atoms with van der Waals surface area (Å²) in [5.41, 5.74) is 8.57. The monoisotopic (exact) mass is 252 g/mol. The van der Waals surface area contributed by atoms with Crippen molar-refractivity contribution in [2.24, 2.45) is 11.7 Å². The molecule has 3 heteroatoms. The summed E-state index contributed by atoms with van der Waals surface area (Å²) in [6.07, 6.45) is 2.48. The van der Waals surface area contributed by atoms with Crippen molar-refractivity contribution in [1.29, 1.82) is 0 Å². The van der Waals surface area contributed by atoms with Crippen molar-refractivity contribution in [2.75, 3.05) is 20.1 Å². The maximum Gasteiger partial charge on any atom is 0.0408 e. The number of rotatable bonds is 2. The molecule has 1 heterocycles. The van der Waals surface area contributed by atoms with Crippen molar-refractivity contribution in [3.8, 4) is 0 Å². The molecule has 2 unspecified atom stereocenters. The summed E-state index contributed by atoms with van der Waals surface area (Å²) in [7, 11) is 2.19. The first kappa shape index (κ1) is 12.9. The highest BCUT2D eigenvalue weighted by molar-refractivity contribution is 6.30. The van der Waals surface area contributed by atoms with Gasteiger partial charge >= 0.3 is 0 Å². The summed E-state index contributed by atoms with van der Waals surface area (Å²) in [6.45, 7) is 4.05. The zero-order chi connectivity index (χ0) is 12.4. The van der Waals surface area contributed by atoms with Gasteiger partial charge in [-0.15, -0.1) is 0 Å². The SMILES string of the molecule is Cc1cc(Cl)ccc1C1C(CN)CCCN1C. The normalized spacial score (nSPS) is 26.1. The maximum atomic E-state index is 6.02. The predicted molar refractivity (Wildman–Crippen MR) is 73.3 cm³/mol. The molecule has 1 saturated heterocycles. The van der Waals surface area contributed by atoms with Crippen LogP contribution in [-0.4, -0.2) is 25.0 Å². The second-order valence-corrected chi connectivity index (χ2v) is 5.50. The Morgan fingerprint density at radius 1 is 1.47 bits per heavy atom. The Labute approximate surface area is 109 Å². The quantitative estimate of drug-likeness (QED) is 0.877. The van der Waals surface area contributed by atoms with Gasteiger partial charge in [-0.2, -0.15) is 0 Å². The first-order valence-corrected chi connectivity index (χ1v) is 6.67. The zero-order valence-corrected chi connectivity index (χ0v) is 11.4. The summed E-state index contributed by atoms with van der Waals surface area (Å²) in [4.78, 5) is 2.43. The van der Waals surface area contributed by atoms with E-state index >= 15 is 0 Å². The van der Waals surface area contributed by atoms with E-state index < -0.39 is 0 Å². The fraction of sp³-hybridized carbons (Fsp3) is 0.571. The maximum absolute atomic E-state index is 6.02. The number of benzene rings is 1. The predicted octanol–water partition coefficient (Wildman–Crippen LogP) is 2.99. The topological polar surface area (TPSA) is 29.3 Å². The van der Waals surface area contributed by atoms with Gasteiger partial charge in [-0.3, -0.25) is 4.90 Å². The minimum absolute atomic E-state index is 0.450. The molecular weight excluding hydrogens is 232 g/mol. The Morgan fingerprint density at radius 3 is 2.88 bits per heavy atom. The van der Waals surface area contributed by atoms with E-state index in [1.54, 1.807) is 0 Å². The van der Waals surface area contributed by atoms with Gasteiger partial charge in [0.1, 0.15) is 0 Å². The first-order chi connectivity index (χ1) is 8.13. The number of nitrogens with zero attached hydrogens (tertiary/aromatic N) is 1. The van der Waals surface area contributed by atoms with Gasteiger partial charge in [0, 0.05) is 11.1 Å². The number of hydrogen-bond acceptors (Lipinski definition) is 2. The summed E-state index contributed by atoms with van der Waals surface area (Å²) in [5, 5.41) is 0.814. The Balaban J connectivity index is 2.34. The third-order valence-corrected chi connectivity index (χ3v) is 4.10. The van der Waals surface area contributed by atoms with Crippen LogP contribution in [0.25, 0.3) is 0 Å². The summed E-state index contributed by atoms with van der Waals surface area (Å²) in [6, 6.07) is 6.64. The van der Waals surface area contributed by atoms with E-state index in [4.69, 9.17) is 17.3 Å². The fourth-order valence-corrected chi connectivity index (χ4v) is 3.20. The van der Waals surface area contributed by atoms with E-state index in [-0.39, 0.29) is 0 Å². The molecule has 2 N–H and O–H groups in total. The molecular formula is C14H21ClN2. The summed E-state index contributed by atoms with van der Waals surface area (Å²) in [5.74, 6) is 0.564. The minimum Gasteiger partial charge on any atom is -0.330 e. The molecule has 2 atom stereocenters. The molecule has 0 amide bonds. The highest BCUT2D eigenvalue weighted by atomic mass is 35.5. The number of nitrogens with two attached hydrogens (primary N) is 1. The number of halogens is 1. The Kier molecular flexibility index (Phi) is 4.08. The Morgan fingerprint density at radius 2 is 2.24 bits per heavy atom. The molecule has 0 aromatic heterocycles. The van der Waals surface area contributed by atoms with Crippen molar-refractivity contribution in [3.05, 3.63) is 34.3 Å². The highest BCUT2D eigenvalue weighted by Crippen LogP contribution is 2.36. The summed E-state index contributed by atoms with van der Waals surface area (Å²) < 4.78 is 0. The van der Waals surface area contributed by atoms with Gasteiger partial charge in [-0.1, -0.05) is 17.7 Å². The van der Waals surface area contributed by atoms with Crippen molar-refractivity contribution in [1.82, 2.24) is 4.90 Å². The molecule has 94 valence electrons. The molecule has 1 aliphatic heterocycles. The van der Waals surface area contributed by atoms with Crippen molar-refractivity contribution in [2.45, 2.75) is 25.8 Å². The van der Waals surface area contributed by atoms with E-state index in [9.17, 15) is 0 Å². The molecule has 0 radical (unpaired) electrons. The van der Waals surface area contributed by atoms with Crippen LogP contribution in [-0.2, 0) is 0 Å². The van der Waals surface area contributed by atoms with E-state index in [0.29, 0.717) is 12.0 Å². The van der Waals surface area contributed by atoms with Crippen LogP contribution < -0.4 is 5.73 Å². The van der Waals surface area contributed by atoms with Crippen LogP contribution in [0.3, 0.4) is 0 Å². The molecule has 0 bridgehead atoms. The third-order valence-electron chi connectivity index (χ3n) is 3.86. The van der Waals surface area contributed by atoms with E-state index in [1.165, 1.54) is 24.0 Å². The fourth-order valence-electron chi connectivity index (χ4n) is 2.97. The number of piperidine rings is 1. The van der Waals surface area contributed by atoms with Gasteiger partial charge in [0.2, 0.25) is 0 Å². The third kappa shape index (κ3) is 2.65. The van der Waals surface area contributed by atoms with E-state index in [1.807, 2.05) is 12.1 Å². The van der Waals surface area contributed by atoms with Gasteiger partial charge in [0.25, 0.3) is 0 Å². The lowest BCUT2D eigenvalue weighted by molar-refractivity contribution is 0.125. The van der Waals surface area contributed by atoms with E-state index in [2.05, 4.69) is 24.9 Å². The molecule has 2 nitrogen and oxygen atoms in total. The molecule has 1 aromatic carbocycles. The standard InChI is InChI=1S/C14H21ClN2/c1-10-8-12(15)5-6-13(10)14-11(9-16)4-3-7-17(14)2/h5-6,8,11,14H,3-4,7,9,16H2,1-2H3.